The van der Waals surface area contributed by atoms with E-state index in [4.69, 9.17) is 0 Å². The van der Waals surface area contributed by atoms with Gasteiger partial charge in [0.15, 0.2) is 0 Å². The smallest absolute Gasteiger partial charge is 0.262 e. The zero-order chi connectivity index (χ0) is 22.1. The molecule has 0 atom stereocenters. The number of carbonyl (C=O) groups is 2. The molecule has 0 aliphatic heterocycles. The fraction of sp³-hybridized carbons (Fsp3) is 0.846. The Hall–Kier alpha value is -1.72. The molecule has 0 aromatic heterocycles. The predicted molar refractivity (Wildman–Crippen MR) is 124 cm³/mol. The van der Waals surface area contributed by atoms with E-state index in [1.165, 1.54) is 77.0 Å². The molecule has 0 radical (unpaired) electrons. The molecule has 8 saturated carbocycles. The van der Waals surface area contributed by atoms with Crippen LogP contribution in [0, 0.1) is 46.3 Å². The summed E-state index contributed by atoms with van der Waals surface area (Å²) in [6.07, 6.45) is 15.5. The maximum atomic E-state index is 12.4. The van der Waals surface area contributed by atoms with E-state index in [9.17, 15) is 9.59 Å². The summed E-state index contributed by atoms with van der Waals surface area (Å²) >= 11 is 0. The van der Waals surface area contributed by atoms with Gasteiger partial charge in [0.25, 0.3) is 0 Å². The van der Waals surface area contributed by atoms with Crippen molar-refractivity contribution in [3.63, 3.8) is 0 Å². The molecular weight excluding hydrogens is 400 g/mol. The number of hydrogen-bond acceptors (Lipinski definition) is 4. The average molecular weight is 439 g/mol. The first-order chi connectivity index (χ1) is 15.3. The quantitative estimate of drug-likeness (QED) is 0.387. The highest BCUT2D eigenvalue weighted by molar-refractivity contribution is 6.35. The first-order valence-corrected chi connectivity index (χ1v) is 13.0. The minimum absolute atomic E-state index is 0.145. The van der Waals surface area contributed by atoms with Gasteiger partial charge in [-0.25, -0.2) is 10.9 Å². The summed E-state index contributed by atoms with van der Waals surface area (Å²) in [7, 11) is 0. The summed E-state index contributed by atoms with van der Waals surface area (Å²) < 4.78 is 0. The fourth-order valence-corrected chi connectivity index (χ4v) is 9.72. The van der Waals surface area contributed by atoms with Crippen LogP contribution < -0.4 is 10.9 Å². The van der Waals surface area contributed by atoms with E-state index in [0.29, 0.717) is 0 Å². The molecule has 8 aliphatic rings. The molecule has 2 N–H and O–H groups in total. The third-order valence-electron chi connectivity index (χ3n) is 10.5. The maximum Gasteiger partial charge on any atom is 0.331 e. The highest BCUT2D eigenvalue weighted by Crippen LogP contribution is 2.61. The Morgan fingerprint density at radius 2 is 0.812 bits per heavy atom. The summed E-state index contributed by atoms with van der Waals surface area (Å²) in [5.41, 5.74) is 7.37. The maximum absolute atomic E-state index is 12.4. The Morgan fingerprint density at radius 3 is 1.06 bits per heavy atom. The Morgan fingerprint density at radius 1 is 0.562 bits per heavy atom. The highest BCUT2D eigenvalue weighted by atomic mass is 16.2. The normalized spacial score (nSPS) is 46.4. The molecule has 32 heavy (non-hydrogen) atoms. The van der Waals surface area contributed by atoms with Crippen LogP contribution in [0.25, 0.3) is 0 Å². The van der Waals surface area contributed by atoms with Crippen molar-refractivity contribution in [2.24, 2.45) is 56.5 Å². The fourth-order valence-electron chi connectivity index (χ4n) is 9.72. The zero-order valence-corrected chi connectivity index (χ0v) is 19.7. The molecule has 0 heterocycles. The van der Waals surface area contributed by atoms with E-state index in [1.807, 2.05) is 13.8 Å². The van der Waals surface area contributed by atoms with Gasteiger partial charge in [0.2, 0.25) is 0 Å². The summed E-state index contributed by atoms with van der Waals surface area (Å²) in [4.78, 5) is 24.9. The van der Waals surface area contributed by atoms with Gasteiger partial charge in [-0.05, 0) is 126 Å². The SMILES string of the molecule is C/C(=N\NC(=O)C(=O)N/N=C(\C)C12CC3CC(CC(C3)C1)C2)C12CC3CC(CC(C3)C1)C2. The van der Waals surface area contributed by atoms with Gasteiger partial charge in [-0.15, -0.1) is 0 Å². The van der Waals surface area contributed by atoms with Crippen molar-refractivity contribution in [2.45, 2.75) is 90.9 Å². The van der Waals surface area contributed by atoms with Crippen molar-refractivity contribution in [2.75, 3.05) is 0 Å². The zero-order valence-electron chi connectivity index (χ0n) is 19.7. The van der Waals surface area contributed by atoms with Crippen LogP contribution in [-0.4, -0.2) is 23.2 Å². The summed E-state index contributed by atoms with van der Waals surface area (Å²) in [5.74, 6) is 3.53. The topological polar surface area (TPSA) is 82.9 Å². The lowest BCUT2D eigenvalue weighted by molar-refractivity contribution is -0.139. The van der Waals surface area contributed by atoms with Gasteiger partial charge in [0.05, 0.1) is 0 Å². The largest absolute Gasteiger partial charge is 0.331 e. The molecule has 8 aliphatic carbocycles. The van der Waals surface area contributed by atoms with Crippen molar-refractivity contribution in [3.8, 4) is 0 Å². The van der Waals surface area contributed by atoms with Crippen molar-refractivity contribution in [1.82, 2.24) is 10.9 Å². The summed E-state index contributed by atoms with van der Waals surface area (Å²) in [6.45, 7) is 4.08. The van der Waals surface area contributed by atoms with Crippen LogP contribution in [0.1, 0.15) is 90.9 Å². The number of rotatable bonds is 4. The first kappa shape index (κ1) is 20.9. The van der Waals surface area contributed by atoms with Gasteiger partial charge in [-0.3, -0.25) is 9.59 Å². The molecule has 0 spiro atoms. The van der Waals surface area contributed by atoms with E-state index in [0.717, 1.165) is 46.9 Å². The molecule has 8 rings (SSSR count). The van der Waals surface area contributed by atoms with E-state index >= 15 is 0 Å². The third kappa shape index (κ3) is 3.43. The Kier molecular flexibility index (Phi) is 4.82. The number of amides is 2. The minimum Gasteiger partial charge on any atom is -0.262 e. The molecule has 6 nitrogen and oxygen atoms in total. The summed E-state index contributed by atoms with van der Waals surface area (Å²) in [6, 6.07) is 0. The molecule has 0 aromatic carbocycles. The van der Waals surface area contributed by atoms with E-state index < -0.39 is 11.8 Å². The monoisotopic (exact) mass is 438 g/mol. The van der Waals surface area contributed by atoms with E-state index in [-0.39, 0.29) is 10.8 Å². The van der Waals surface area contributed by atoms with Crippen molar-refractivity contribution < 1.29 is 9.59 Å². The van der Waals surface area contributed by atoms with Crippen LogP contribution >= 0.6 is 0 Å². The minimum atomic E-state index is -0.712. The first-order valence-electron chi connectivity index (χ1n) is 13.0. The lowest BCUT2D eigenvalue weighted by Gasteiger charge is -2.56. The summed E-state index contributed by atoms with van der Waals surface area (Å²) in [5, 5.41) is 8.85. The number of hydrazone groups is 2. The Bertz CT molecular complexity index is 746. The van der Waals surface area contributed by atoms with Crippen LogP contribution in [0.2, 0.25) is 0 Å². The van der Waals surface area contributed by atoms with Gasteiger partial charge in [-0.2, -0.15) is 10.2 Å². The molecule has 8 fully saturated rings. The van der Waals surface area contributed by atoms with E-state index in [1.54, 1.807) is 0 Å². The second-order valence-corrected chi connectivity index (χ2v) is 12.7. The number of nitrogens with one attached hydrogen (secondary N) is 2. The molecule has 6 heteroatoms. The van der Waals surface area contributed by atoms with E-state index in [2.05, 4.69) is 21.1 Å². The molecule has 0 aromatic rings. The van der Waals surface area contributed by atoms with Gasteiger partial charge < -0.3 is 0 Å². The van der Waals surface area contributed by atoms with Gasteiger partial charge in [-0.1, -0.05) is 0 Å². The average Bonchev–Trinajstić information content (AvgIpc) is 2.73. The van der Waals surface area contributed by atoms with Gasteiger partial charge in [0.1, 0.15) is 0 Å². The van der Waals surface area contributed by atoms with Crippen molar-refractivity contribution in [1.29, 1.82) is 0 Å². The Balaban J connectivity index is 1.07. The van der Waals surface area contributed by atoms with Crippen molar-refractivity contribution in [3.05, 3.63) is 0 Å². The van der Waals surface area contributed by atoms with Crippen LogP contribution in [-0.2, 0) is 9.59 Å². The van der Waals surface area contributed by atoms with Gasteiger partial charge >= 0.3 is 11.8 Å². The standard InChI is InChI=1S/C26H38N4O2/c1-15(25-9-17-3-18(10-25)5-19(4-17)11-25)27-29-23(31)24(32)30-28-16(2)26-12-20-6-21(13-26)8-22(7-20)14-26/h17-22H,3-14H2,1-2H3,(H,29,31)(H,30,32)/b27-15+,28-16+. The van der Waals surface area contributed by atoms with Crippen LogP contribution in [0.4, 0.5) is 0 Å². The Labute approximate surface area is 191 Å². The molecule has 0 unspecified atom stereocenters. The lowest BCUT2D eigenvalue weighted by Crippen LogP contribution is -2.50. The second kappa shape index (κ2) is 7.39. The second-order valence-electron chi connectivity index (χ2n) is 12.7. The third-order valence-corrected chi connectivity index (χ3v) is 10.5. The number of nitrogens with zero attached hydrogens (tertiary/aromatic N) is 2. The molecule has 8 bridgehead atoms. The molecular formula is C26H38N4O2. The van der Waals surface area contributed by atoms with Gasteiger partial charge in [0, 0.05) is 22.3 Å². The van der Waals surface area contributed by atoms with Crippen molar-refractivity contribution >= 4 is 23.2 Å². The van der Waals surface area contributed by atoms with Crippen LogP contribution in [0.5, 0.6) is 0 Å². The number of carbonyl (C=O) groups excluding carboxylic acids is 2. The van der Waals surface area contributed by atoms with Crippen LogP contribution in [0.15, 0.2) is 10.2 Å². The molecule has 0 saturated heterocycles. The lowest BCUT2D eigenvalue weighted by atomic mass is 9.48. The number of hydrogen-bond donors (Lipinski definition) is 2. The highest BCUT2D eigenvalue weighted by Gasteiger charge is 2.53. The van der Waals surface area contributed by atoms with Crippen LogP contribution in [0.3, 0.4) is 0 Å². The molecule has 174 valence electrons. The predicted octanol–water partition coefficient (Wildman–Crippen LogP) is 4.40. The molecule has 2 amide bonds.